The van der Waals surface area contributed by atoms with Crippen LogP contribution >= 0.6 is 0 Å². The van der Waals surface area contributed by atoms with E-state index in [0.29, 0.717) is 11.8 Å². The number of hydrogen-bond acceptors (Lipinski definition) is 3. The standard InChI is InChI=1S/C50H40N4O.Pt/c1-30(2)36-19-23-43-42(27-36)39-17-12-24-51-49(39)53(43)37-20-21-38-41-25-31(3)18-22-44(41)54(46(38)28-37)45-29-40(32(4)26-33(45)5)50-52-47(34-13-8-6-9-14-34)48(55-50)35-15-10-7-11-16-35;/h6-27,30,47-48H,1-5H3;/q-2;+2/t47-,48-;/m1./s1. The molecule has 0 saturated carbocycles. The second kappa shape index (κ2) is 14.1. The predicted octanol–water partition coefficient (Wildman–Crippen LogP) is 12.2. The summed E-state index contributed by atoms with van der Waals surface area (Å²) in [5.74, 6) is 1.04. The van der Waals surface area contributed by atoms with Crippen molar-refractivity contribution in [3.63, 3.8) is 0 Å². The molecule has 0 N–H and O–H groups in total. The summed E-state index contributed by atoms with van der Waals surface area (Å²) in [6, 6.07) is 52.8. The van der Waals surface area contributed by atoms with Crippen LogP contribution in [0.3, 0.4) is 0 Å². The molecular weight excluding hydrogens is 868 g/mol. The monoisotopic (exact) mass is 907 g/mol. The molecule has 5 nitrogen and oxygen atoms in total. The molecule has 0 unspecified atom stereocenters. The van der Waals surface area contributed by atoms with E-state index in [2.05, 4.69) is 165 Å². The van der Waals surface area contributed by atoms with Crippen LogP contribution in [-0.4, -0.2) is 20.0 Å². The Balaban J connectivity index is 0.00000410. The Labute approximate surface area is 341 Å². The Morgan fingerprint density at radius 1 is 0.643 bits per heavy atom. The molecule has 0 radical (unpaired) electrons. The Morgan fingerprint density at radius 2 is 1.36 bits per heavy atom. The summed E-state index contributed by atoms with van der Waals surface area (Å²) in [6.45, 7) is 10.9. The largest absolute Gasteiger partial charge is 2.00 e. The number of rotatable bonds is 6. The van der Waals surface area contributed by atoms with Gasteiger partial charge in [0.05, 0.1) is 5.52 Å². The second-order valence-corrected chi connectivity index (χ2v) is 15.2. The van der Waals surface area contributed by atoms with Crippen molar-refractivity contribution in [3.8, 4) is 11.4 Å². The number of nitrogens with zero attached hydrogens (tertiary/aromatic N) is 4. The normalized spacial score (nSPS) is 15.5. The summed E-state index contributed by atoms with van der Waals surface area (Å²) < 4.78 is 11.4. The van der Waals surface area contributed by atoms with Crippen molar-refractivity contribution in [2.45, 2.75) is 52.7 Å². The zero-order valence-corrected chi connectivity index (χ0v) is 34.2. The molecule has 276 valence electrons. The van der Waals surface area contributed by atoms with Gasteiger partial charge in [0.2, 0.25) is 0 Å². The number of benzene rings is 6. The third-order valence-corrected chi connectivity index (χ3v) is 11.2. The van der Waals surface area contributed by atoms with Gasteiger partial charge >= 0.3 is 21.1 Å². The molecule has 6 heteroatoms. The molecule has 0 amide bonds. The van der Waals surface area contributed by atoms with Crippen LogP contribution in [0.5, 0.6) is 0 Å². The van der Waals surface area contributed by atoms with Crippen molar-refractivity contribution in [2.24, 2.45) is 4.99 Å². The van der Waals surface area contributed by atoms with Crippen molar-refractivity contribution in [1.82, 2.24) is 14.1 Å². The van der Waals surface area contributed by atoms with Gasteiger partial charge in [-0.2, -0.15) is 6.07 Å². The Morgan fingerprint density at radius 3 is 2.12 bits per heavy atom. The molecule has 0 spiro atoms. The number of aliphatic imine (C=N–C) groups is 1. The van der Waals surface area contributed by atoms with Crippen molar-refractivity contribution in [1.29, 1.82) is 0 Å². The maximum absolute atomic E-state index is 6.85. The molecule has 0 bridgehead atoms. The third-order valence-electron chi connectivity index (χ3n) is 11.2. The minimum Gasteiger partial charge on any atom is -0.510 e. The fraction of sp³-hybridized carbons (Fsp3) is 0.160. The zero-order valence-electron chi connectivity index (χ0n) is 31.9. The molecule has 3 aromatic heterocycles. The molecule has 6 aromatic carbocycles. The summed E-state index contributed by atoms with van der Waals surface area (Å²) in [4.78, 5) is 10.2. The molecule has 0 saturated heterocycles. The van der Waals surface area contributed by atoms with Gasteiger partial charge in [-0.1, -0.05) is 129 Å². The van der Waals surface area contributed by atoms with E-state index in [1.807, 2.05) is 24.4 Å². The molecule has 1 aliphatic heterocycles. The van der Waals surface area contributed by atoms with Crippen LogP contribution in [0.15, 0.2) is 139 Å². The molecular formula is C50H40N4OPt. The van der Waals surface area contributed by atoms with Gasteiger partial charge in [-0.3, -0.25) is 4.99 Å². The summed E-state index contributed by atoms with van der Waals surface area (Å²) in [6.07, 6.45) is 1.63. The molecule has 4 heterocycles. The number of fused-ring (bicyclic) bond motifs is 6. The Kier molecular flexibility index (Phi) is 9.02. The molecule has 56 heavy (non-hydrogen) atoms. The maximum atomic E-state index is 6.85. The second-order valence-electron chi connectivity index (χ2n) is 15.2. The van der Waals surface area contributed by atoms with Gasteiger partial charge in [-0.05, 0) is 70.9 Å². The van der Waals surface area contributed by atoms with E-state index < -0.39 is 0 Å². The first-order valence-electron chi connectivity index (χ1n) is 19.1. The average Bonchev–Trinajstić information content (AvgIpc) is 3.89. The number of aromatic nitrogens is 3. The van der Waals surface area contributed by atoms with Crippen molar-refractivity contribution >= 4 is 49.6 Å². The van der Waals surface area contributed by atoms with Gasteiger partial charge in [0.1, 0.15) is 23.7 Å². The SMILES string of the molecule is Cc1ccc2c(c1)c1ccc(-n3c4ccc(C(C)C)cc4c4cccnc43)[c-]c1n2-c1[c-]c(C2=N[C@H](c3ccccc3)[C@@H](c3ccccc3)O2)c(C)cc1C.[Pt+2]. The fourth-order valence-electron chi connectivity index (χ4n) is 8.44. The van der Waals surface area contributed by atoms with E-state index in [4.69, 9.17) is 14.7 Å². The van der Waals surface area contributed by atoms with Crippen LogP contribution in [0.4, 0.5) is 0 Å². The van der Waals surface area contributed by atoms with Crippen LogP contribution in [0, 0.1) is 32.9 Å². The quantitative estimate of drug-likeness (QED) is 0.156. The van der Waals surface area contributed by atoms with Crippen molar-refractivity contribution < 1.29 is 25.8 Å². The number of pyridine rings is 1. The van der Waals surface area contributed by atoms with Crippen LogP contribution in [0.25, 0.3) is 55.1 Å². The van der Waals surface area contributed by atoms with E-state index in [1.165, 1.54) is 21.9 Å². The van der Waals surface area contributed by atoms with Crippen LogP contribution in [0.2, 0.25) is 0 Å². The van der Waals surface area contributed by atoms with Gasteiger partial charge in [0.25, 0.3) is 0 Å². The molecule has 2 atom stereocenters. The van der Waals surface area contributed by atoms with Crippen LogP contribution in [-0.2, 0) is 25.8 Å². The first kappa shape index (κ1) is 35.9. The first-order chi connectivity index (χ1) is 26.8. The van der Waals surface area contributed by atoms with Gasteiger partial charge in [-0.25, -0.2) is 4.98 Å². The van der Waals surface area contributed by atoms with E-state index in [-0.39, 0.29) is 33.2 Å². The smallest absolute Gasteiger partial charge is 0.510 e. The number of aryl methyl sites for hydroxylation is 3. The van der Waals surface area contributed by atoms with E-state index in [9.17, 15) is 0 Å². The third kappa shape index (κ3) is 5.80. The minimum absolute atomic E-state index is 0. The van der Waals surface area contributed by atoms with Crippen molar-refractivity contribution in [3.05, 3.63) is 185 Å². The summed E-state index contributed by atoms with van der Waals surface area (Å²) in [5, 5.41) is 4.65. The maximum Gasteiger partial charge on any atom is 2.00 e. The van der Waals surface area contributed by atoms with Crippen LogP contribution < -0.4 is 0 Å². The topological polar surface area (TPSA) is 44.3 Å². The van der Waals surface area contributed by atoms with Gasteiger partial charge in [0.15, 0.2) is 0 Å². The molecule has 10 rings (SSSR count). The Bertz CT molecular complexity index is 2980. The Hall–Kier alpha value is -5.77. The molecule has 0 aliphatic carbocycles. The number of hydrogen-bond donors (Lipinski definition) is 0. The van der Waals surface area contributed by atoms with E-state index in [0.717, 1.165) is 72.2 Å². The van der Waals surface area contributed by atoms with E-state index in [1.54, 1.807) is 0 Å². The summed E-state index contributed by atoms with van der Waals surface area (Å²) in [7, 11) is 0. The molecule has 0 fully saturated rings. The first-order valence-corrected chi connectivity index (χ1v) is 19.1. The summed E-state index contributed by atoms with van der Waals surface area (Å²) >= 11 is 0. The van der Waals surface area contributed by atoms with E-state index >= 15 is 0 Å². The minimum atomic E-state index is -0.250. The van der Waals surface area contributed by atoms with Crippen LogP contribution in [0.1, 0.15) is 70.9 Å². The molecule has 1 aliphatic rings. The predicted molar refractivity (Wildman–Crippen MR) is 225 cm³/mol. The molecule has 9 aromatic rings. The van der Waals surface area contributed by atoms with Crippen molar-refractivity contribution in [2.75, 3.05) is 0 Å². The summed E-state index contributed by atoms with van der Waals surface area (Å²) in [5.41, 5.74) is 13.8. The fourth-order valence-corrected chi connectivity index (χ4v) is 8.44. The van der Waals surface area contributed by atoms with Gasteiger partial charge in [-0.15, -0.1) is 40.8 Å². The van der Waals surface area contributed by atoms with Gasteiger partial charge in [0, 0.05) is 22.5 Å². The number of ether oxygens (including phenoxy) is 1. The van der Waals surface area contributed by atoms with Gasteiger partial charge < -0.3 is 13.9 Å². The zero-order chi connectivity index (χ0) is 37.4. The average molecular weight is 908 g/mol.